The molecule has 0 N–H and O–H groups in total. The van der Waals surface area contributed by atoms with Gasteiger partial charge in [-0.05, 0) is 80.4 Å². The van der Waals surface area contributed by atoms with Crippen molar-refractivity contribution in [2.75, 3.05) is 29.8 Å². The van der Waals surface area contributed by atoms with E-state index in [1.54, 1.807) is 73.5 Å². The molecule has 0 radical (unpaired) electrons. The van der Waals surface area contributed by atoms with Crippen LogP contribution in [0, 0.1) is 6.92 Å². The first kappa shape index (κ1) is 25.7. The molecule has 10 heteroatoms. The van der Waals surface area contributed by atoms with Crippen molar-refractivity contribution < 1.29 is 27.5 Å². The SMILES string of the molecule is CCOC(=O)c1ccc2c(c1)CN1c3ccc(C(=O)OCC)cc3CN2CN1S(=O)(=O)c1ccc(C)cc1. The van der Waals surface area contributed by atoms with Crippen LogP contribution in [-0.4, -0.2) is 44.7 Å². The Bertz CT molecular complexity index is 1500. The number of esters is 2. The van der Waals surface area contributed by atoms with E-state index in [0.29, 0.717) is 23.4 Å². The molecule has 0 amide bonds. The molecule has 3 aromatic carbocycles. The van der Waals surface area contributed by atoms with Crippen molar-refractivity contribution >= 4 is 33.3 Å². The third-order valence-corrected chi connectivity index (χ3v) is 8.37. The lowest BCUT2D eigenvalue weighted by molar-refractivity contribution is 0.0516. The summed E-state index contributed by atoms with van der Waals surface area (Å²) < 4.78 is 39.7. The number of hydrogen-bond donors (Lipinski definition) is 0. The second-order valence-electron chi connectivity index (χ2n) is 9.17. The topological polar surface area (TPSA) is 96.5 Å². The van der Waals surface area contributed by atoms with Crippen LogP contribution in [0.5, 0.6) is 0 Å². The van der Waals surface area contributed by atoms with E-state index in [1.165, 1.54) is 4.41 Å². The van der Waals surface area contributed by atoms with Crippen LogP contribution in [-0.2, 0) is 32.6 Å². The molecule has 0 fully saturated rings. The number of fused-ring (bicyclic) bond motifs is 7. The van der Waals surface area contributed by atoms with Gasteiger partial charge in [-0.15, -0.1) is 0 Å². The number of hydrogen-bond acceptors (Lipinski definition) is 8. The molecule has 2 heterocycles. The van der Waals surface area contributed by atoms with Crippen molar-refractivity contribution in [3.05, 3.63) is 88.5 Å². The number of benzene rings is 3. The predicted molar refractivity (Wildman–Crippen MR) is 142 cm³/mol. The molecule has 0 spiro atoms. The Morgan fingerprint density at radius 1 is 0.789 bits per heavy atom. The Hall–Kier alpha value is -3.89. The Balaban J connectivity index is 1.64. The van der Waals surface area contributed by atoms with Crippen molar-refractivity contribution in [2.45, 2.75) is 38.8 Å². The van der Waals surface area contributed by atoms with Crippen molar-refractivity contribution in [3.63, 3.8) is 0 Å². The van der Waals surface area contributed by atoms with Crippen LogP contribution in [0.25, 0.3) is 0 Å². The van der Waals surface area contributed by atoms with E-state index in [2.05, 4.69) is 0 Å². The molecule has 2 aliphatic rings. The number of anilines is 2. The monoisotopic (exact) mass is 535 g/mol. The molecule has 9 nitrogen and oxygen atoms in total. The lowest BCUT2D eigenvalue weighted by Crippen LogP contribution is -2.48. The van der Waals surface area contributed by atoms with Gasteiger partial charge in [-0.3, -0.25) is 5.01 Å². The fourth-order valence-electron chi connectivity index (χ4n) is 4.79. The molecule has 0 aromatic heterocycles. The van der Waals surface area contributed by atoms with Crippen molar-refractivity contribution in [1.29, 1.82) is 0 Å². The quantitative estimate of drug-likeness (QED) is 0.432. The number of hydrazine groups is 1. The molecule has 198 valence electrons. The Labute approximate surface area is 222 Å². The second-order valence-corrected chi connectivity index (χ2v) is 11.0. The van der Waals surface area contributed by atoms with Crippen molar-refractivity contribution in [1.82, 2.24) is 4.41 Å². The van der Waals surface area contributed by atoms with Crippen LogP contribution >= 0.6 is 0 Å². The number of sulfonamides is 1. The summed E-state index contributed by atoms with van der Waals surface area (Å²) in [5.74, 6) is -0.864. The summed E-state index contributed by atoms with van der Waals surface area (Å²) in [5, 5.41) is 1.71. The summed E-state index contributed by atoms with van der Waals surface area (Å²) in [6, 6.07) is 17.2. The molecular formula is C28H29N3O6S. The van der Waals surface area contributed by atoms with E-state index >= 15 is 0 Å². The minimum Gasteiger partial charge on any atom is -0.462 e. The molecule has 0 atom stereocenters. The number of carbonyl (C=O) groups is 2. The zero-order valence-electron chi connectivity index (χ0n) is 21.5. The summed E-state index contributed by atoms with van der Waals surface area (Å²) in [5.41, 5.74) is 4.80. The average molecular weight is 536 g/mol. The first-order valence-corrected chi connectivity index (χ1v) is 13.9. The van der Waals surface area contributed by atoms with Gasteiger partial charge in [0.15, 0.2) is 0 Å². The van der Waals surface area contributed by atoms with E-state index in [4.69, 9.17) is 9.47 Å². The number of carbonyl (C=O) groups excluding carboxylic acids is 2. The van der Waals surface area contributed by atoms with E-state index in [9.17, 15) is 18.0 Å². The number of nitrogens with zero attached hydrogens (tertiary/aromatic N) is 3. The zero-order valence-corrected chi connectivity index (χ0v) is 22.3. The highest BCUT2D eigenvalue weighted by atomic mass is 32.2. The predicted octanol–water partition coefficient (Wildman–Crippen LogP) is 4.25. The lowest BCUT2D eigenvalue weighted by atomic mass is 10.0. The van der Waals surface area contributed by atoms with Gasteiger partial charge in [0, 0.05) is 12.2 Å². The second kappa shape index (κ2) is 10.1. The van der Waals surface area contributed by atoms with Gasteiger partial charge in [0.1, 0.15) is 6.67 Å². The maximum atomic E-state index is 14.0. The average Bonchev–Trinajstić information content (AvgIpc) is 3.16. The molecule has 0 saturated heterocycles. The third-order valence-electron chi connectivity index (χ3n) is 6.64. The molecular weight excluding hydrogens is 506 g/mol. The lowest BCUT2D eigenvalue weighted by Gasteiger charge is -2.33. The minimum absolute atomic E-state index is 0.0470. The van der Waals surface area contributed by atoms with Gasteiger partial charge in [0.05, 0.1) is 41.5 Å². The summed E-state index contributed by atoms with van der Waals surface area (Å²) in [6.07, 6.45) is 0. The van der Waals surface area contributed by atoms with Gasteiger partial charge < -0.3 is 14.4 Å². The molecule has 0 aliphatic carbocycles. The van der Waals surface area contributed by atoms with Crippen LogP contribution < -0.4 is 9.91 Å². The standard InChI is InChI=1S/C28H29N3O6S/c1-4-36-27(32)20-8-12-25-23(15-20)17-30-26-13-9-21(28(33)37-5-2)14-22(26)16-29(25)18-31(30)38(34,35)24-10-6-19(3)7-11-24/h6-15H,4-5,16-18H2,1-3H3. The van der Waals surface area contributed by atoms with Gasteiger partial charge in [0.25, 0.3) is 10.0 Å². The fraction of sp³-hybridized carbons (Fsp3) is 0.286. The normalized spacial score (nSPS) is 14.8. The van der Waals surface area contributed by atoms with Crippen LogP contribution in [0.4, 0.5) is 11.4 Å². The van der Waals surface area contributed by atoms with Crippen LogP contribution in [0.2, 0.25) is 0 Å². The fourth-order valence-corrected chi connectivity index (χ4v) is 6.21. The highest BCUT2D eigenvalue weighted by Crippen LogP contribution is 2.40. The summed E-state index contributed by atoms with van der Waals surface area (Å²) in [4.78, 5) is 27.0. The Morgan fingerprint density at radius 2 is 1.34 bits per heavy atom. The number of ether oxygens (including phenoxy) is 2. The molecule has 3 aromatic rings. The summed E-state index contributed by atoms with van der Waals surface area (Å²) in [7, 11) is -3.95. The van der Waals surface area contributed by atoms with Crippen LogP contribution in [0.1, 0.15) is 51.3 Å². The maximum Gasteiger partial charge on any atom is 0.338 e. The van der Waals surface area contributed by atoms with Gasteiger partial charge in [0.2, 0.25) is 0 Å². The summed E-state index contributed by atoms with van der Waals surface area (Å²) in [6.45, 7) is 6.50. The highest BCUT2D eigenvalue weighted by Gasteiger charge is 2.39. The van der Waals surface area contributed by atoms with Gasteiger partial charge in [-0.2, -0.15) is 0 Å². The van der Waals surface area contributed by atoms with Gasteiger partial charge >= 0.3 is 11.9 Å². The van der Waals surface area contributed by atoms with Gasteiger partial charge in [-0.25, -0.2) is 18.0 Å². The highest BCUT2D eigenvalue weighted by molar-refractivity contribution is 7.89. The first-order chi connectivity index (χ1) is 18.2. The molecule has 0 unspecified atom stereocenters. The molecule has 5 rings (SSSR count). The third kappa shape index (κ3) is 4.61. The molecule has 0 saturated carbocycles. The molecule has 2 aliphatic heterocycles. The number of rotatable bonds is 6. The summed E-state index contributed by atoms with van der Waals surface area (Å²) >= 11 is 0. The van der Waals surface area contributed by atoms with Crippen LogP contribution in [0.3, 0.4) is 0 Å². The van der Waals surface area contributed by atoms with E-state index < -0.39 is 22.0 Å². The first-order valence-electron chi connectivity index (χ1n) is 12.4. The number of aryl methyl sites for hydroxylation is 1. The van der Waals surface area contributed by atoms with Crippen LogP contribution in [0.15, 0.2) is 65.6 Å². The largest absolute Gasteiger partial charge is 0.462 e. The smallest absolute Gasteiger partial charge is 0.338 e. The van der Waals surface area contributed by atoms with Crippen molar-refractivity contribution in [3.8, 4) is 0 Å². The maximum absolute atomic E-state index is 14.0. The molecule has 2 bridgehead atoms. The zero-order chi connectivity index (χ0) is 27.0. The van der Waals surface area contributed by atoms with E-state index in [-0.39, 0.29) is 31.3 Å². The van der Waals surface area contributed by atoms with Crippen molar-refractivity contribution in [2.24, 2.45) is 0 Å². The minimum atomic E-state index is -3.95. The van der Waals surface area contributed by atoms with E-state index in [1.807, 2.05) is 17.9 Å². The Morgan fingerprint density at radius 3 is 1.92 bits per heavy atom. The van der Waals surface area contributed by atoms with E-state index in [0.717, 1.165) is 22.4 Å². The molecule has 38 heavy (non-hydrogen) atoms. The Kier molecular flexibility index (Phi) is 6.85. The van der Waals surface area contributed by atoms with Gasteiger partial charge in [-0.1, -0.05) is 22.1 Å².